The van der Waals surface area contributed by atoms with Crippen LogP contribution in [0.1, 0.15) is 57.9 Å². The van der Waals surface area contributed by atoms with E-state index in [0.717, 1.165) is 5.56 Å². The summed E-state index contributed by atoms with van der Waals surface area (Å²) in [6, 6.07) is 5.64. The maximum absolute atomic E-state index is 14.9. The third-order valence-corrected chi connectivity index (χ3v) is 7.21. The maximum Gasteiger partial charge on any atom is 0.342 e. The standard InChI is InChI=1S/C26H25F3O7S/c1-14-5-9-17(10-6-14)37(32,33)36-24-18(11-7-15(2)8-12-20(30)34-4)21(23(27)25(28)29)16(3)19-13-35-26(31)22(19)24/h5-7,9-10H,8,11-13H2,1-4H3/b15-7+. The Morgan fingerprint density at radius 2 is 1.76 bits per heavy atom. The Morgan fingerprint density at radius 3 is 2.35 bits per heavy atom. The Morgan fingerprint density at radius 1 is 1.11 bits per heavy atom. The van der Waals surface area contributed by atoms with Crippen LogP contribution < -0.4 is 4.18 Å². The minimum atomic E-state index is -4.55. The van der Waals surface area contributed by atoms with Crippen LogP contribution in [-0.4, -0.2) is 27.5 Å². The molecule has 2 aromatic carbocycles. The number of aryl methyl sites for hydroxylation is 1. The summed E-state index contributed by atoms with van der Waals surface area (Å²) in [7, 11) is -3.32. The molecule has 0 atom stereocenters. The first-order valence-electron chi connectivity index (χ1n) is 11.2. The molecule has 0 bridgehead atoms. The molecule has 1 aliphatic heterocycles. The number of halogens is 3. The van der Waals surface area contributed by atoms with E-state index < -0.39 is 45.3 Å². The Balaban J connectivity index is 2.23. The van der Waals surface area contributed by atoms with Gasteiger partial charge in [0.15, 0.2) is 11.6 Å². The second kappa shape index (κ2) is 11.2. The van der Waals surface area contributed by atoms with Crippen molar-refractivity contribution in [1.82, 2.24) is 0 Å². The van der Waals surface area contributed by atoms with Crippen LogP contribution in [0.25, 0.3) is 5.83 Å². The number of benzene rings is 2. The van der Waals surface area contributed by atoms with Gasteiger partial charge in [-0.3, -0.25) is 4.79 Å². The number of fused-ring (bicyclic) bond motifs is 1. The summed E-state index contributed by atoms with van der Waals surface area (Å²) in [6.07, 6.45) is -1.08. The molecule has 0 unspecified atom stereocenters. The number of allylic oxidation sites excluding steroid dienone is 2. The molecule has 198 valence electrons. The molecule has 1 aliphatic rings. The normalized spacial score (nSPS) is 13.2. The van der Waals surface area contributed by atoms with Crippen LogP contribution >= 0.6 is 0 Å². The highest BCUT2D eigenvalue weighted by atomic mass is 32.2. The van der Waals surface area contributed by atoms with Gasteiger partial charge in [0.25, 0.3) is 0 Å². The fourth-order valence-corrected chi connectivity index (χ4v) is 4.86. The van der Waals surface area contributed by atoms with Crippen molar-refractivity contribution in [2.45, 2.75) is 51.5 Å². The molecule has 0 aliphatic carbocycles. The quantitative estimate of drug-likeness (QED) is 0.229. The number of hydrogen-bond donors (Lipinski definition) is 0. The molecule has 0 saturated heterocycles. The maximum atomic E-state index is 14.9. The van der Waals surface area contributed by atoms with Gasteiger partial charge in [0.05, 0.1) is 7.11 Å². The number of rotatable bonds is 9. The van der Waals surface area contributed by atoms with Gasteiger partial charge >= 0.3 is 28.1 Å². The summed E-state index contributed by atoms with van der Waals surface area (Å²) < 4.78 is 83.1. The van der Waals surface area contributed by atoms with E-state index in [1.165, 1.54) is 44.4 Å². The first-order chi connectivity index (χ1) is 17.4. The highest BCUT2D eigenvalue weighted by Gasteiger charge is 2.36. The van der Waals surface area contributed by atoms with Crippen LogP contribution in [-0.2, 0) is 37.4 Å². The van der Waals surface area contributed by atoms with Gasteiger partial charge in [-0.05, 0) is 51.3 Å². The second-order valence-electron chi connectivity index (χ2n) is 8.49. The lowest BCUT2D eigenvalue weighted by Crippen LogP contribution is -2.15. The van der Waals surface area contributed by atoms with Crippen LogP contribution in [0.2, 0.25) is 0 Å². The average molecular weight is 539 g/mol. The molecule has 37 heavy (non-hydrogen) atoms. The highest BCUT2D eigenvalue weighted by Crippen LogP contribution is 2.44. The Kier molecular flexibility index (Phi) is 8.47. The van der Waals surface area contributed by atoms with E-state index in [9.17, 15) is 31.2 Å². The molecule has 0 radical (unpaired) electrons. The minimum absolute atomic E-state index is 0.00171. The third kappa shape index (κ3) is 6.04. The zero-order valence-corrected chi connectivity index (χ0v) is 21.4. The molecule has 0 spiro atoms. The van der Waals surface area contributed by atoms with Crippen molar-refractivity contribution in [3.8, 4) is 5.75 Å². The SMILES string of the molecule is COC(=O)CC/C(C)=C/Cc1c(OS(=O)(=O)c2ccc(C)cc2)c2c(c(C)c1C(F)=C(F)F)COC2=O. The zero-order valence-electron chi connectivity index (χ0n) is 20.6. The molecule has 0 fully saturated rings. The lowest BCUT2D eigenvalue weighted by atomic mass is 9.89. The molecular formula is C26H25F3O7S. The third-order valence-electron chi connectivity index (χ3n) is 5.98. The Hall–Kier alpha value is -3.60. The van der Waals surface area contributed by atoms with Gasteiger partial charge in [-0.1, -0.05) is 29.3 Å². The average Bonchev–Trinajstić information content (AvgIpc) is 3.24. The monoisotopic (exact) mass is 538 g/mol. The number of carbonyl (C=O) groups excluding carboxylic acids is 2. The zero-order chi connectivity index (χ0) is 27.5. The van der Waals surface area contributed by atoms with E-state index in [-0.39, 0.29) is 53.0 Å². The van der Waals surface area contributed by atoms with E-state index in [1.54, 1.807) is 13.8 Å². The molecular weight excluding hydrogens is 513 g/mol. The topological polar surface area (TPSA) is 96.0 Å². The van der Waals surface area contributed by atoms with Gasteiger partial charge in [-0.2, -0.15) is 17.2 Å². The van der Waals surface area contributed by atoms with E-state index in [4.69, 9.17) is 8.92 Å². The van der Waals surface area contributed by atoms with Crippen LogP contribution in [0.15, 0.2) is 46.9 Å². The van der Waals surface area contributed by atoms with Crippen molar-refractivity contribution in [1.29, 1.82) is 0 Å². The van der Waals surface area contributed by atoms with E-state index in [1.807, 2.05) is 0 Å². The Bertz CT molecular complexity index is 1400. The molecule has 0 N–H and O–H groups in total. The van der Waals surface area contributed by atoms with Crippen molar-refractivity contribution in [2.24, 2.45) is 0 Å². The Labute approximate surface area is 212 Å². The molecule has 1 heterocycles. The number of ether oxygens (including phenoxy) is 2. The van der Waals surface area contributed by atoms with Crippen LogP contribution in [0.3, 0.4) is 0 Å². The molecule has 11 heteroatoms. The second-order valence-corrected chi connectivity index (χ2v) is 10.0. The summed E-state index contributed by atoms with van der Waals surface area (Å²) in [5.41, 5.74) is 0.341. The van der Waals surface area contributed by atoms with E-state index in [2.05, 4.69) is 4.74 Å². The fourth-order valence-electron chi connectivity index (χ4n) is 3.89. The molecule has 0 aromatic heterocycles. The number of carbonyl (C=O) groups is 2. The van der Waals surface area contributed by atoms with Crippen molar-refractivity contribution >= 4 is 27.9 Å². The summed E-state index contributed by atoms with van der Waals surface area (Å²) in [5.74, 6) is -3.83. The molecule has 3 rings (SSSR count). The molecule has 0 amide bonds. The molecule has 7 nitrogen and oxygen atoms in total. The predicted octanol–water partition coefficient (Wildman–Crippen LogP) is 5.72. The van der Waals surface area contributed by atoms with Gasteiger partial charge in [-0.25, -0.2) is 9.18 Å². The van der Waals surface area contributed by atoms with Crippen molar-refractivity contribution in [3.05, 3.63) is 75.4 Å². The van der Waals surface area contributed by atoms with E-state index >= 15 is 0 Å². The summed E-state index contributed by atoms with van der Waals surface area (Å²) >= 11 is 0. The van der Waals surface area contributed by atoms with Crippen molar-refractivity contribution in [3.63, 3.8) is 0 Å². The summed E-state index contributed by atoms with van der Waals surface area (Å²) in [5, 5.41) is 0. The fraction of sp³-hybridized carbons (Fsp3) is 0.308. The first kappa shape index (κ1) is 28.0. The number of methoxy groups -OCH3 is 1. The van der Waals surface area contributed by atoms with Gasteiger partial charge in [0.2, 0.25) is 0 Å². The largest absolute Gasteiger partial charge is 0.469 e. The highest BCUT2D eigenvalue weighted by molar-refractivity contribution is 7.87. The summed E-state index contributed by atoms with van der Waals surface area (Å²) in [4.78, 5) is 23.8. The van der Waals surface area contributed by atoms with Gasteiger partial charge in [-0.15, -0.1) is 0 Å². The molecule has 2 aromatic rings. The van der Waals surface area contributed by atoms with Crippen LogP contribution in [0.4, 0.5) is 13.2 Å². The number of esters is 2. The lowest BCUT2D eigenvalue weighted by molar-refractivity contribution is -0.140. The number of hydrogen-bond acceptors (Lipinski definition) is 7. The van der Waals surface area contributed by atoms with Crippen LogP contribution in [0, 0.1) is 13.8 Å². The predicted molar refractivity (Wildman–Crippen MR) is 128 cm³/mol. The van der Waals surface area contributed by atoms with Crippen LogP contribution in [0.5, 0.6) is 5.75 Å². The lowest BCUT2D eigenvalue weighted by Gasteiger charge is -2.19. The van der Waals surface area contributed by atoms with Gasteiger partial charge in [0.1, 0.15) is 17.1 Å². The first-order valence-corrected chi connectivity index (χ1v) is 12.6. The van der Waals surface area contributed by atoms with Crippen molar-refractivity contribution in [2.75, 3.05) is 7.11 Å². The van der Waals surface area contributed by atoms with Gasteiger partial charge in [0, 0.05) is 23.1 Å². The summed E-state index contributed by atoms with van der Waals surface area (Å²) in [6.45, 7) is 4.39. The van der Waals surface area contributed by atoms with Crippen molar-refractivity contribution < 1.29 is 44.8 Å². The smallest absolute Gasteiger partial charge is 0.342 e. The number of cyclic esters (lactones) is 1. The minimum Gasteiger partial charge on any atom is -0.469 e. The van der Waals surface area contributed by atoms with E-state index in [0.29, 0.717) is 5.57 Å². The molecule has 0 saturated carbocycles. The van der Waals surface area contributed by atoms with Gasteiger partial charge < -0.3 is 13.7 Å².